The zero-order chi connectivity index (χ0) is 20.4. The predicted octanol–water partition coefficient (Wildman–Crippen LogP) is 7.87. The molecule has 1 aromatic carbocycles. The minimum absolute atomic E-state index is 1.14. The van der Waals surface area contributed by atoms with Gasteiger partial charge in [0.25, 0.3) is 0 Å². The maximum atomic E-state index is 2.56. The van der Waals surface area contributed by atoms with E-state index in [1.54, 1.807) is 21.9 Å². The molecular weight excluding hydrogens is 352 g/mol. The minimum atomic E-state index is -1.62. The highest BCUT2D eigenvalue weighted by molar-refractivity contribution is 6.95. The van der Waals surface area contributed by atoms with Crippen LogP contribution in [0.4, 0.5) is 0 Å². The Bertz CT molecular complexity index is 620. The molecule has 0 heterocycles. The Balaban J connectivity index is 2.20. The maximum Gasteiger partial charge on any atom is 0.0958 e. The quantitative estimate of drug-likeness (QED) is 0.235. The average molecular weight is 396 g/mol. The van der Waals surface area contributed by atoms with Gasteiger partial charge < -0.3 is 0 Å². The average Bonchev–Trinajstić information content (AvgIpc) is 3.19. The van der Waals surface area contributed by atoms with Gasteiger partial charge in [-0.05, 0) is 43.2 Å². The molecule has 0 atom stereocenters. The van der Waals surface area contributed by atoms with Crippen LogP contribution in [0.2, 0.25) is 13.1 Å². The number of hydrogen-bond donors (Lipinski definition) is 0. The molecule has 0 amide bonds. The van der Waals surface area contributed by atoms with Gasteiger partial charge in [-0.2, -0.15) is 0 Å². The van der Waals surface area contributed by atoms with Crippen molar-refractivity contribution in [2.75, 3.05) is 0 Å². The molecule has 0 unspecified atom stereocenters. The predicted molar refractivity (Wildman–Crippen MR) is 130 cm³/mol. The van der Waals surface area contributed by atoms with Crippen LogP contribution >= 0.6 is 0 Å². The number of unbranched alkanes of at least 4 members (excludes halogenated alkanes) is 6. The number of benzene rings is 1. The van der Waals surface area contributed by atoms with Crippen molar-refractivity contribution < 1.29 is 0 Å². The molecule has 0 aromatic heterocycles. The largest absolute Gasteiger partial charge is 0.0958 e. The summed E-state index contributed by atoms with van der Waals surface area (Å²) in [6, 6.07) is 7.65. The molecule has 0 saturated carbocycles. The van der Waals surface area contributed by atoms with E-state index < -0.39 is 8.07 Å². The number of aryl methyl sites for hydroxylation is 2. The maximum absolute atomic E-state index is 2.56. The second-order valence-corrected chi connectivity index (χ2v) is 13.6. The van der Waals surface area contributed by atoms with E-state index in [9.17, 15) is 0 Å². The van der Waals surface area contributed by atoms with Gasteiger partial charge in [0.05, 0.1) is 8.07 Å². The topological polar surface area (TPSA) is 0 Å². The second kappa shape index (κ2) is 11.8. The first-order valence-corrected chi connectivity index (χ1v) is 14.9. The van der Waals surface area contributed by atoms with Gasteiger partial charge >= 0.3 is 0 Å². The Morgan fingerprint density at radius 2 is 1.25 bits per heavy atom. The van der Waals surface area contributed by atoms with Gasteiger partial charge in [-0.1, -0.05) is 120 Å². The van der Waals surface area contributed by atoms with Gasteiger partial charge in [-0.3, -0.25) is 0 Å². The number of allylic oxidation sites excluding steroid dienone is 4. The van der Waals surface area contributed by atoms with Gasteiger partial charge in [0.15, 0.2) is 0 Å². The van der Waals surface area contributed by atoms with E-state index in [4.69, 9.17) is 0 Å². The van der Waals surface area contributed by atoms with Crippen LogP contribution in [0, 0.1) is 5.54 Å². The third-order valence-electron chi connectivity index (χ3n) is 6.36. The molecule has 1 radical (unpaired) electrons. The normalized spacial score (nSPS) is 14.7. The molecule has 0 N–H and O–H groups in total. The monoisotopic (exact) mass is 395 g/mol. The van der Waals surface area contributed by atoms with Gasteiger partial charge in [0, 0.05) is 5.54 Å². The first-order chi connectivity index (χ1) is 13.5. The van der Waals surface area contributed by atoms with E-state index in [1.807, 2.05) is 0 Å². The van der Waals surface area contributed by atoms with E-state index in [0.717, 1.165) is 6.42 Å². The zero-order valence-corrected chi connectivity index (χ0v) is 20.2. The van der Waals surface area contributed by atoms with E-state index >= 15 is 0 Å². The van der Waals surface area contributed by atoms with Gasteiger partial charge in [-0.15, -0.1) is 0 Å². The van der Waals surface area contributed by atoms with E-state index in [-0.39, 0.29) is 0 Å². The van der Waals surface area contributed by atoms with Gasteiger partial charge in [-0.25, -0.2) is 0 Å². The molecule has 1 aliphatic rings. The Morgan fingerprint density at radius 1 is 0.679 bits per heavy atom. The van der Waals surface area contributed by atoms with Crippen LogP contribution in [0.1, 0.15) is 89.7 Å². The Labute approximate surface area is 176 Å². The van der Waals surface area contributed by atoms with Crippen molar-refractivity contribution in [1.29, 1.82) is 0 Å². The van der Waals surface area contributed by atoms with Gasteiger partial charge in [0.2, 0.25) is 0 Å². The van der Waals surface area contributed by atoms with Crippen molar-refractivity contribution in [1.82, 2.24) is 0 Å². The summed E-state index contributed by atoms with van der Waals surface area (Å²) >= 11 is 0. The fourth-order valence-corrected chi connectivity index (χ4v) is 6.66. The SMILES string of the molecule is CCCCCCc1cc(CCCCCC)cc([Si](C)(C)[C]2C=CC(CC)=C2)c1. The third kappa shape index (κ3) is 6.76. The lowest BCUT2D eigenvalue weighted by Gasteiger charge is -2.28. The molecule has 28 heavy (non-hydrogen) atoms. The highest BCUT2D eigenvalue weighted by atomic mass is 28.3. The first kappa shape index (κ1) is 23.2. The van der Waals surface area contributed by atoms with E-state index in [0.29, 0.717) is 0 Å². The fraction of sp³-hybridized carbons (Fsp3) is 0.593. The Kier molecular flexibility index (Phi) is 9.78. The molecular formula is C27H43Si. The second-order valence-electron chi connectivity index (χ2n) is 9.15. The molecule has 1 aromatic rings. The first-order valence-electron chi connectivity index (χ1n) is 11.9. The summed E-state index contributed by atoms with van der Waals surface area (Å²) in [5.74, 6) is 0. The molecule has 1 aliphatic carbocycles. The van der Waals surface area contributed by atoms with Crippen molar-refractivity contribution in [2.24, 2.45) is 0 Å². The van der Waals surface area contributed by atoms with Crippen molar-refractivity contribution in [3.05, 3.63) is 58.7 Å². The van der Waals surface area contributed by atoms with Crippen LogP contribution in [-0.2, 0) is 12.8 Å². The summed E-state index contributed by atoms with van der Waals surface area (Å²) in [4.78, 5) is 0. The highest BCUT2D eigenvalue weighted by Crippen LogP contribution is 2.29. The third-order valence-corrected chi connectivity index (χ3v) is 9.85. The molecule has 2 rings (SSSR count). The van der Waals surface area contributed by atoms with Crippen LogP contribution in [0.25, 0.3) is 0 Å². The lowest BCUT2D eigenvalue weighted by atomic mass is 10.0. The molecule has 0 spiro atoms. The molecule has 0 nitrogen and oxygen atoms in total. The van der Waals surface area contributed by atoms with Crippen molar-refractivity contribution in [3.63, 3.8) is 0 Å². The van der Waals surface area contributed by atoms with Crippen molar-refractivity contribution >= 4 is 13.3 Å². The van der Waals surface area contributed by atoms with E-state index in [1.165, 1.54) is 69.8 Å². The summed E-state index contributed by atoms with van der Waals surface area (Å²) in [7, 11) is -1.62. The molecule has 0 aliphatic heterocycles. The van der Waals surface area contributed by atoms with E-state index in [2.05, 4.69) is 70.3 Å². The molecule has 1 heteroatoms. The van der Waals surface area contributed by atoms with Crippen LogP contribution in [0.15, 0.2) is 42.0 Å². The lowest BCUT2D eigenvalue weighted by molar-refractivity contribution is 0.661. The lowest BCUT2D eigenvalue weighted by Crippen LogP contribution is -2.46. The van der Waals surface area contributed by atoms with Crippen LogP contribution < -0.4 is 5.19 Å². The summed E-state index contributed by atoms with van der Waals surface area (Å²) < 4.78 is 0. The smallest absolute Gasteiger partial charge is 0.0757 e. The minimum Gasteiger partial charge on any atom is -0.0757 e. The number of rotatable bonds is 13. The summed E-state index contributed by atoms with van der Waals surface area (Å²) in [6.07, 6.45) is 21.7. The fourth-order valence-electron chi connectivity index (χ4n) is 4.19. The van der Waals surface area contributed by atoms with Crippen LogP contribution in [0.5, 0.6) is 0 Å². The Morgan fingerprint density at radius 3 is 1.71 bits per heavy atom. The molecule has 0 fully saturated rings. The summed E-state index contributed by atoms with van der Waals surface area (Å²) in [5.41, 5.74) is 6.26. The molecule has 0 bridgehead atoms. The standard InChI is InChI=1S/C27H43Si/c1-6-9-11-13-15-24-19-25(16-14-12-10-7-2)22-27(21-24)28(4,5)26-18-17-23(8-3)20-26/h17-22H,6-16H2,1-5H3. The molecule has 155 valence electrons. The Hall–Kier alpha value is -1.08. The number of hydrogen-bond acceptors (Lipinski definition) is 0. The summed E-state index contributed by atoms with van der Waals surface area (Å²) in [6.45, 7) is 11.9. The van der Waals surface area contributed by atoms with Gasteiger partial charge in [0.1, 0.15) is 0 Å². The van der Waals surface area contributed by atoms with Crippen molar-refractivity contribution in [3.8, 4) is 0 Å². The molecule has 0 saturated heterocycles. The van der Waals surface area contributed by atoms with Crippen LogP contribution in [-0.4, -0.2) is 8.07 Å². The summed E-state index contributed by atoms with van der Waals surface area (Å²) in [5, 5.41) is 1.64. The van der Waals surface area contributed by atoms with Crippen LogP contribution in [0.3, 0.4) is 0 Å². The van der Waals surface area contributed by atoms with Crippen molar-refractivity contribution in [2.45, 2.75) is 104 Å². The zero-order valence-electron chi connectivity index (χ0n) is 19.2. The highest BCUT2D eigenvalue weighted by Gasteiger charge is 2.33.